The third kappa shape index (κ3) is 38.4. The molecule has 0 bridgehead atoms. The lowest BCUT2D eigenvalue weighted by Gasteiger charge is -2.46. The molecule has 0 aromatic rings. The van der Waals surface area contributed by atoms with E-state index in [-0.39, 0.29) is 18.9 Å². The fourth-order valence-corrected chi connectivity index (χ4v) is 10.7. The summed E-state index contributed by atoms with van der Waals surface area (Å²) in [7, 11) is 0. The lowest BCUT2D eigenvalue weighted by atomic mass is 9.97. The number of ether oxygens (including phenoxy) is 4. The number of amides is 1. The summed E-state index contributed by atoms with van der Waals surface area (Å²) < 4.78 is 22.8. The quantitative estimate of drug-likeness (QED) is 0.0204. The van der Waals surface area contributed by atoms with Gasteiger partial charge in [-0.1, -0.05) is 259 Å². The van der Waals surface area contributed by atoms with E-state index in [1.807, 2.05) is 6.08 Å². The molecule has 84 heavy (non-hydrogen) atoms. The van der Waals surface area contributed by atoms with Crippen LogP contribution in [0.2, 0.25) is 0 Å². The molecular weight excluding hydrogens is 1060 g/mol. The molecule has 0 spiro atoms. The number of carbonyl (C=O) groups excluding carboxylic acids is 1. The van der Waals surface area contributed by atoms with Gasteiger partial charge in [-0.05, 0) is 77.0 Å². The number of allylic oxidation sites excluding steroid dienone is 13. The first-order valence-electron chi connectivity index (χ1n) is 33.8. The van der Waals surface area contributed by atoms with Gasteiger partial charge in [-0.2, -0.15) is 0 Å². The summed E-state index contributed by atoms with van der Waals surface area (Å²) in [6.45, 7) is 2.68. The Hall–Kier alpha value is -2.83. The van der Waals surface area contributed by atoms with E-state index in [0.29, 0.717) is 12.8 Å². The Bertz CT molecular complexity index is 1730. The molecule has 2 aliphatic heterocycles. The van der Waals surface area contributed by atoms with Crippen molar-refractivity contribution in [2.75, 3.05) is 19.8 Å². The van der Waals surface area contributed by atoms with Crippen molar-refractivity contribution in [3.63, 3.8) is 0 Å². The minimum atomic E-state index is -1.80. The van der Waals surface area contributed by atoms with Crippen molar-refractivity contribution < 1.29 is 64.6 Å². The molecule has 2 saturated heterocycles. The Kier molecular flexibility index (Phi) is 50.0. The molecule has 2 fully saturated rings. The van der Waals surface area contributed by atoms with E-state index in [1.54, 1.807) is 6.08 Å². The number of hydrogen-bond acceptors (Lipinski definition) is 13. The van der Waals surface area contributed by atoms with Crippen LogP contribution in [-0.2, 0) is 23.7 Å². The van der Waals surface area contributed by atoms with Gasteiger partial charge in [0.1, 0.15) is 48.8 Å². The van der Waals surface area contributed by atoms with Crippen molar-refractivity contribution in [2.45, 2.75) is 331 Å². The van der Waals surface area contributed by atoms with Crippen molar-refractivity contribution in [3.05, 3.63) is 85.1 Å². The average molecular weight is 1190 g/mol. The molecule has 12 atom stereocenters. The predicted octanol–water partition coefficient (Wildman–Crippen LogP) is 13.2. The van der Waals surface area contributed by atoms with Crippen LogP contribution in [0.1, 0.15) is 258 Å². The molecule has 12 unspecified atom stereocenters. The minimum Gasteiger partial charge on any atom is -0.394 e. The zero-order valence-electron chi connectivity index (χ0n) is 52.6. The van der Waals surface area contributed by atoms with Crippen LogP contribution in [0.25, 0.3) is 0 Å². The van der Waals surface area contributed by atoms with Crippen LogP contribution in [0.4, 0.5) is 0 Å². The van der Waals surface area contributed by atoms with E-state index < -0.39 is 86.8 Å². The van der Waals surface area contributed by atoms with E-state index in [1.165, 1.54) is 141 Å². The van der Waals surface area contributed by atoms with Crippen molar-refractivity contribution in [1.82, 2.24) is 5.32 Å². The van der Waals surface area contributed by atoms with Crippen LogP contribution in [0, 0.1) is 0 Å². The van der Waals surface area contributed by atoms with Crippen molar-refractivity contribution in [2.24, 2.45) is 0 Å². The molecule has 1 amide bonds. The Morgan fingerprint density at radius 1 is 0.440 bits per heavy atom. The smallest absolute Gasteiger partial charge is 0.220 e. The molecule has 0 aromatic carbocycles. The maximum absolute atomic E-state index is 13.3. The standard InChI is InChI=1S/C70H123NO13/c1-3-5-7-9-11-13-15-17-19-21-23-25-27-28-29-30-32-33-35-37-39-41-43-45-47-49-51-53-59(74)58(57-81-69-67(80)65(78)68(61(56-73)83-69)84-70-66(79)64(77)63(76)60(55-72)82-70)71-62(75)54-52-50-48-46-44-42-40-38-36-34-31-26-24-22-20-18-16-14-12-10-8-6-4-2/h6,8,12,14,18,20,24,26,34,36,43,45,51,53,58-61,63-70,72-74,76-80H,3-5,7,9-11,13,15-17,19,21-23,25,27-33,35,37-42,44,46-50,52,54-57H2,1-2H3,(H,71,75)/b8-6-,14-12-,20-18-,26-24-,36-34-,45-43+,53-51+. The summed E-state index contributed by atoms with van der Waals surface area (Å²) in [6, 6.07) is -0.945. The third-order valence-electron chi connectivity index (χ3n) is 16.1. The van der Waals surface area contributed by atoms with Gasteiger partial charge in [-0.3, -0.25) is 4.79 Å². The lowest BCUT2D eigenvalue weighted by molar-refractivity contribution is -0.359. The number of unbranched alkanes of at least 4 members (excludes halogenated alkanes) is 29. The number of aliphatic hydroxyl groups excluding tert-OH is 8. The topological polar surface area (TPSA) is 228 Å². The summed E-state index contributed by atoms with van der Waals surface area (Å²) in [5.41, 5.74) is 0. The molecule has 2 aliphatic rings. The number of nitrogens with one attached hydrogen (secondary N) is 1. The normalized spacial score (nSPS) is 24.2. The summed E-state index contributed by atoms with van der Waals surface area (Å²) in [6.07, 6.45) is 57.7. The van der Waals surface area contributed by atoms with Crippen LogP contribution in [0.15, 0.2) is 85.1 Å². The summed E-state index contributed by atoms with van der Waals surface area (Å²) in [5, 5.41) is 87.3. The Balaban J connectivity index is 1.73. The third-order valence-corrected chi connectivity index (χ3v) is 16.1. The minimum absolute atomic E-state index is 0.256. The van der Waals surface area contributed by atoms with Gasteiger partial charge in [0.05, 0.1) is 32.0 Å². The molecular formula is C70H123NO13. The SMILES string of the molecule is CC/C=C\C/C=C\C/C=C\C/C=C\C/C=C\CCCCCCCCCC(=O)NC(COC1OC(CO)C(OC2OC(CO)C(O)C(O)C2O)C(O)C1O)C(O)/C=C/CC/C=C/CCCCCCCCCCCCCCCCCCCCCCC. The van der Waals surface area contributed by atoms with Gasteiger partial charge in [0.25, 0.3) is 0 Å². The maximum Gasteiger partial charge on any atom is 0.220 e. The second kappa shape index (κ2) is 54.3. The van der Waals surface area contributed by atoms with Crippen LogP contribution in [0.5, 0.6) is 0 Å². The Labute approximate surface area is 510 Å². The van der Waals surface area contributed by atoms with Gasteiger partial charge in [-0.15, -0.1) is 0 Å². The van der Waals surface area contributed by atoms with Gasteiger partial charge in [0.15, 0.2) is 12.6 Å². The van der Waals surface area contributed by atoms with Crippen molar-refractivity contribution >= 4 is 5.91 Å². The van der Waals surface area contributed by atoms with Gasteiger partial charge in [-0.25, -0.2) is 0 Å². The number of rotatable bonds is 54. The maximum atomic E-state index is 13.3. The van der Waals surface area contributed by atoms with Crippen LogP contribution in [-0.4, -0.2) is 140 Å². The molecule has 2 heterocycles. The van der Waals surface area contributed by atoms with Crippen LogP contribution >= 0.6 is 0 Å². The van der Waals surface area contributed by atoms with E-state index in [0.717, 1.165) is 83.5 Å². The second-order valence-electron chi connectivity index (χ2n) is 23.6. The van der Waals surface area contributed by atoms with Gasteiger partial charge < -0.3 is 65.1 Å². The highest BCUT2D eigenvalue weighted by atomic mass is 16.7. The molecule has 2 rings (SSSR count). The highest BCUT2D eigenvalue weighted by Gasteiger charge is 2.51. The van der Waals surface area contributed by atoms with Crippen molar-refractivity contribution in [3.8, 4) is 0 Å². The highest BCUT2D eigenvalue weighted by molar-refractivity contribution is 5.76. The van der Waals surface area contributed by atoms with E-state index in [2.05, 4.69) is 92.1 Å². The zero-order valence-corrected chi connectivity index (χ0v) is 52.6. The van der Waals surface area contributed by atoms with Crippen molar-refractivity contribution in [1.29, 1.82) is 0 Å². The molecule has 14 nitrogen and oxygen atoms in total. The first kappa shape index (κ1) is 77.3. The molecule has 14 heteroatoms. The average Bonchev–Trinajstić information content (AvgIpc) is 3.18. The van der Waals surface area contributed by atoms with E-state index >= 15 is 0 Å². The number of carbonyl (C=O) groups is 1. The van der Waals surface area contributed by atoms with Gasteiger partial charge in [0, 0.05) is 6.42 Å². The largest absolute Gasteiger partial charge is 0.394 e. The van der Waals surface area contributed by atoms with Gasteiger partial charge in [0.2, 0.25) is 5.91 Å². The molecule has 0 aliphatic carbocycles. The van der Waals surface area contributed by atoms with E-state index in [9.17, 15) is 45.6 Å². The summed E-state index contributed by atoms with van der Waals surface area (Å²) in [4.78, 5) is 13.3. The number of aliphatic hydroxyl groups is 8. The Morgan fingerprint density at radius 3 is 1.31 bits per heavy atom. The van der Waals surface area contributed by atoms with Gasteiger partial charge >= 0.3 is 0 Å². The Morgan fingerprint density at radius 2 is 0.833 bits per heavy atom. The molecule has 0 aromatic heterocycles. The molecule has 486 valence electrons. The van der Waals surface area contributed by atoms with Crippen LogP contribution < -0.4 is 5.32 Å². The predicted molar refractivity (Wildman–Crippen MR) is 341 cm³/mol. The second-order valence-corrected chi connectivity index (χ2v) is 23.6. The summed E-state index contributed by atoms with van der Waals surface area (Å²) in [5.74, 6) is -0.261. The molecule has 9 N–H and O–H groups in total. The monoisotopic (exact) mass is 1190 g/mol. The first-order valence-corrected chi connectivity index (χ1v) is 33.8. The molecule has 0 radical (unpaired) electrons. The first-order chi connectivity index (χ1) is 41.1. The fourth-order valence-electron chi connectivity index (χ4n) is 10.7. The van der Waals surface area contributed by atoms with E-state index in [4.69, 9.17) is 18.9 Å². The zero-order chi connectivity index (χ0) is 60.9. The molecule has 0 saturated carbocycles. The number of hydrogen-bond donors (Lipinski definition) is 9. The van der Waals surface area contributed by atoms with Crippen LogP contribution in [0.3, 0.4) is 0 Å². The lowest BCUT2D eigenvalue weighted by Crippen LogP contribution is -2.65. The fraction of sp³-hybridized carbons (Fsp3) is 0.786. The summed E-state index contributed by atoms with van der Waals surface area (Å²) >= 11 is 0. The highest BCUT2D eigenvalue weighted by Crippen LogP contribution is 2.30.